The van der Waals surface area contributed by atoms with E-state index in [1.54, 1.807) is 6.92 Å². The summed E-state index contributed by atoms with van der Waals surface area (Å²) in [6.07, 6.45) is 1.35. The van der Waals surface area contributed by atoms with Crippen LogP contribution in [0.1, 0.15) is 29.6 Å². The number of hydrogen-bond donors (Lipinski definition) is 0. The van der Waals surface area contributed by atoms with Crippen molar-refractivity contribution in [1.29, 1.82) is 0 Å². The molecule has 1 atom stereocenters. The number of hydrogen-bond acceptors (Lipinski definition) is 4. The van der Waals surface area contributed by atoms with E-state index in [2.05, 4.69) is 22.3 Å². The Hall–Kier alpha value is -2.17. The summed E-state index contributed by atoms with van der Waals surface area (Å²) in [6.45, 7) is 3.21. The molecule has 1 aromatic carbocycles. The zero-order valence-corrected chi connectivity index (χ0v) is 11.5. The monoisotopic (exact) mass is 271 g/mol. The molecule has 5 heteroatoms. The molecule has 5 nitrogen and oxygen atoms in total. The van der Waals surface area contributed by atoms with Crippen molar-refractivity contribution in [1.82, 2.24) is 15.0 Å². The first-order chi connectivity index (χ1) is 9.72. The van der Waals surface area contributed by atoms with Gasteiger partial charge in [-0.15, -0.1) is 0 Å². The lowest BCUT2D eigenvalue weighted by atomic mass is 10.1. The van der Waals surface area contributed by atoms with Crippen LogP contribution in [0, 0.1) is 6.92 Å². The Morgan fingerprint density at radius 2 is 2.15 bits per heavy atom. The van der Waals surface area contributed by atoms with Crippen LogP contribution in [0.5, 0.6) is 0 Å². The first-order valence-corrected chi connectivity index (χ1v) is 6.84. The van der Waals surface area contributed by atoms with Gasteiger partial charge in [0, 0.05) is 19.5 Å². The summed E-state index contributed by atoms with van der Waals surface area (Å²) in [4.78, 5) is 18.1. The van der Waals surface area contributed by atoms with E-state index < -0.39 is 0 Å². The van der Waals surface area contributed by atoms with Gasteiger partial charge in [0.15, 0.2) is 5.82 Å². The predicted molar refractivity (Wildman–Crippen MR) is 73.1 cm³/mol. The third-order valence-corrected chi connectivity index (χ3v) is 3.62. The molecule has 0 aliphatic carbocycles. The molecule has 1 aliphatic rings. The number of amides is 1. The number of aryl methyl sites for hydroxylation is 1. The van der Waals surface area contributed by atoms with Crippen molar-refractivity contribution in [2.24, 2.45) is 0 Å². The molecule has 0 bridgehead atoms. The highest BCUT2D eigenvalue weighted by atomic mass is 16.5. The van der Waals surface area contributed by atoms with Gasteiger partial charge in [-0.25, -0.2) is 0 Å². The highest BCUT2D eigenvalue weighted by Gasteiger charge is 2.33. The first-order valence-electron chi connectivity index (χ1n) is 6.84. The first kappa shape index (κ1) is 12.8. The van der Waals surface area contributed by atoms with E-state index in [1.807, 2.05) is 23.1 Å². The fourth-order valence-electron chi connectivity index (χ4n) is 2.54. The van der Waals surface area contributed by atoms with Crippen LogP contribution >= 0.6 is 0 Å². The van der Waals surface area contributed by atoms with Gasteiger partial charge in [0.25, 0.3) is 0 Å². The summed E-state index contributed by atoms with van der Waals surface area (Å²) in [7, 11) is 0. The number of likely N-dealkylation sites (tertiary alicyclic amines) is 1. The second kappa shape index (κ2) is 5.45. The fourth-order valence-corrected chi connectivity index (χ4v) is 2.54. The van der Waals surface area contributed by atoms with Crippen LogP contribution in [-0.4, -0.2) is 34.0 Å². The van der Waals surface area contributed by atoms with Gasteiger partial charge < -0.3 is 9.42 Å². The van der Waals surface area contributed by atoms with E-state index in [-0.39, 0.29) is 11.8 Å². The van der Waals surface area contributed by atoms with E-state index in [4.69, 9.17) is 4.52 Å². The van der Waals surface area contributed by atoms with Crippen molar-refractivity contribution in [3.05, 3.63) is 47.6 Å². The van der Waals surface area contributed by atoms with Gasteiger partial charge in [-0.3, -0.25) is 4.79 Å². The minimum absolute atomic E-state index is 0.0412. The third-order valence-electron chi connectivity index (χ3n) is 3.62. The molecule has 2 heterocycles. The van der Waals surface area contributed by atoms with E-state index in [0.717, 1.165) is 13.0 Å². The summed E-state index contributed by atoms with van der Waals surface area (Å²) in [5, 5.41) is 3.79. The Kier molecular flexibility index (Phi) is 3.50. The molecule has 1 saturated heterocycles. The maximum Gasteiger partial charge on any atom is 0.232 e. The summed E-state index contributed by atoms with van der Waals surface area (Å²) in [6, 6.07) is 10.2. The standard InChI is InChI=1S/C15H17N3O2/c1-11-16-15(20-17-11)13-9-14(19)18(10-13)8-7-12-5-3-2-4-6-12/h2-6,13H,7-10H2,1H3. The smallest absolute Gasteiger partial charge is 0.232 e. The van der Waals surface area contributed by atoms with Crippen molar-refractivity contribution in [3.8, 4) is 0 Å². The summed E-state index contributed by atoms with van der Waals surface area (Å²) < 4.78 is 5.17. The molecule has 1 aliphatic heterocycles. The Bertz CT molecular complexity index is 594. The van der Waals surface area contributed by atoms with Crippen molar-refractivity contribution in [2.45, 2.75) is 25.7 Å². The lowest BCUT2D eigenvalue weighted by Crippen LogP contribution is -2.27. The minimum Gasteiger partial charge on any atom is -0.342 e. The average Bonchev–Trinajstić information content (AvgIpc) is 3.04. The maximum atomic E-state index is 12.0. The molecule has 0 N–H and O–H groups in total. The number of carbonyl (C=O) groups is 1. The van der Waals surface area contributed by atoms with Crippen LogP contribution < -0.4 is 0 Å². The van der Waals surface area contributed by atoms with Gasteiger partial charge in [-0.2, -0.15) is 4.98 Å². The molecule has 2 aromatic rings. The predicted octanol–water partition coefficient (Wildman–Crippen LogP) is 1.94. The lowest BCUT2D eigenvalue weighted by molar-refractivity contribution is -0.127. The van der Waals surface area contributed by atoms with Crippen molar-refractivity contribution in [2.75, 3.05) is 13.1 Å². The molecule has 0 spiro atoms. The molecule has 1 fully saturated rings. The van der Waals surface area contributed by atoms with Crippen molar-refractivity contribution >= 4 is 5.91 Å². The van der Waals surface area contributed by atoms with Gasteiger partial charge in [0.2, 0.25) is 11.8 Å². The Balaban J connectivity index is 1.60. The zero-order chi connectivity index (χ0) is 13.9. The molecular weight excluding hydrogens is 254 g/mol. The van der Waals surface area contributed by atoms with Gasteiger partial charge in [-0.05, 0) is 18.9 Å². The molecule has 3 rings (SSSR count). The Morgan fingerprint density at radius 1 is 1.35 bits per heavy atom. The second-order valence-electron chi connectivity index (χ2n) is 5.16. The van der Waals surface area contributed by atoms with Gasteiger partial charge in [-0.1, -0.05) is 35.5 Å². The van der Waals surface area contributed by atoms with E-state index in [0.29, 0.717) is 24.7 Å². The van der Waals surface area contributed by atoms with Crippen LogP contribution in [-0.2, 0) is 11.2 Å². The van der Waals surface area contributed by atoms with Crippen LogP contribution in [0.15, 0.2) is 34.9 Å². The molecular formula is C15H17N3O2. The minimum atomic E-state index is 0.0412. The van der Waals surface area contributed by atoms with E-state index >= 15 is 0 Å². The zero-order valence-electron chi connectivity index (χ0n) is 11.5. The molecule has 1 aromatic heterocycles. The Labute approximate surface area is 117 Å². The number of benzene rings is 1. The van der Waals surface area contributed by atoms with Gasteiger partial charge >= 0.3 is 0 Å². The van der Waals surface area contributed by atoms with Crippen molar-refractivity contribution < 1.29 is 9.32 Å². The highest BCUT2D eigenvalue weighted by Crippen LogP contribution is 2.26. The SMILES string of the molecule is Cc1noc(C2CC(=O)N(CCc3ccccc3)C2)n1. The fraction of sp³-hybridized carbons (Fsp3) is 0.400. The summed E-state index contributed by atoms with van der Waals surface area (Å²) in [5.41, 5.74) is 1.25. The summed E-state index contributed by atoms with van der Waals surface area (Å²) in [5.74, 6) is 1.41. The Morgan fingerprint density at radius 3 is 2.85 bits per heavy atom. The normalized spacial score (nSPS) is 18.8. The molecule has 0 radical (unpaired) electrons. The van der Waals surface area contributed by atoms with Crippen LogP contribution in [0.25, 0.3) is 0 Å². The number of aromatic nitrogens is 2. The molecule has 1 unspecified atom stereocenters. The van der Waals surface area contributed by atoms with Crippen LogP contribution in [0.4, 0.5) is 0 Å². The molecule has 104 valence electrons. The third kappa shape index (κ3) is 2.71. The van der Waals surface area contributed by atoms with Crippen LogP contribution in [0.3, 0.4) is 0 Å². The summed E-state index contributed by atoms with van der Waals surface area (Å²) >= 11 is 0. The van der Waals surface area contributed by atoms with E-state index in [9.17, 15) is 4.79 Å². The van der Waals surface area contributed by atoms with Gasteiger partial charge in [0.1, 0.15) is 0 Å². The maximum absolute atomic E-state index is 12.0. The highest BCUT2D eigenvalue weighted by molar-refractivity contribution is 5.79. The number of nitrogens with zero attached hydrogens (tertiary/aromatic N) is 3. The molecule has 1 amide bonds. The number of rotatable bonds is 4. The largest absolute Gasteiger partial charge is 0.342 e. The van der Waals surface area contributed by atoms with Crippen molar-refractivity contribution in [3.63, 3.8) is 0 Å². The second-order valence-corrected chi connectivity index (χ2v) is 5.16. The topological polar surface area (TPSA) is 59.2 Å². The number of carbonyl (C=O) groups excluding carboxylic acids is 1. The average molecular weight is 271 g/mol. The van der Waals surface area contributed by atoms with E-state index in [1.165, 1.54) is 5.56 Å². The molecule has 0 saturated carbocycles. The molecule has 20 heavy (non-hydrogen) atoms. The quantitative estimate of drug-likeness (QED) is 0.852. The van der Waals surface area contributed by atoms with Crippen LogP contribution in [0.2, 0.25) is 0 Å². The van der Waals surface area contributed by atoms with Gasteiger partial charge in [0.05, 0.1) is 5.92 Å². The lowest BCUT2D eigenvalue weighted by Gasteiger charge is -2.15.